The minimum atomic E-state index is -3.79. The molecule has 0 bridgehead atoms. The van der Waals surface area contributed by atoms with Crippen LogP contribution in [0.2, 0.25) is 5.02 Å². The van der Waals surface area contributed by atoms with Crippen molar-refractivity contribution in [3.05, 3.63) is 59.8 Å². The van der Waals surface area contributed by atoms with Crippen molar-refractivity contribution < 1.29 is 8.42 Å². The summed E-state index contributed by atoms with van der Waals surface area (Å²) in [5.74, 6) is 0. The second-order valence-corrected chi connectivity index (χ2v) is 8.67. The van der Waals surface area contributed by atoms with Crippen LogP contribution in [-0.4, -0.2) is 26.5 Å². The Morgan fingerprint density at radius 2 is 1.74 bits per heavy atom. The van der Waals surface area contributed by atoms with Crippen molar-refractivity contribution in [3.8, 4) is 0 Å². The van der Waals surface area contributed by atoms with Gasteiger partial charge < -0.3 is 4.90 Å². The smallest absolute Gasteiger partial charge is 0.262 e. The molecule has 0 aliphatic carbocycles. The van der Waals surface area contributed by atoms with Gasteiger partial charge in [-0.05, 0) is 55.7 Å². The van der Waals surface area contributed by atoms with E-state index in [-0.39, 0.29) is 4.90 Å². The highest BCUT2D eigenvalue weighted by Gasteiger charge is 2.22. The summed E-state index contributed by atoms with van der Waals surface area (Å²) in [6.07, 6.45) is 5.06. The highest BCUT2D eigenvalue weighted by atomic mass is 35.5. The number of pyridine rings is 1. The number of aromatic nitrogens is 1. The summed E-state index contributed by atoms with van der Waals surface area (Å²) in [6.45, 7) is 1.87. The van der Waals surface area contributed by atoms with E-state index in [1.54, 1.807) is 30.5 Å². The van der Waals surface area contributed by atoms with Gasteiger partial charge in [0.25, 0.3) is 10.0 Å². The highest BCUT2D eigenvalue weighted by molar-refractivity contribution is 7.93. The zero-order valence-corrected chi connectivity index (χ0v) is 16.3. The number of fused-ring (bicyclic) bond motifs is 1. The van der Waals surface area contributed by atoms with Crippen LogP contribution in [0.15, 0.2) is 59.6 Å². The molecular formula is C20H20ClN3O2S. The van der Waals surface area contributed by atoms with E-state index < -0.39 is 10.0 Å². The van der Waals surface area contributed by atoms with Gasteiger partial charge >= 0.3 is 0 Å². The Balaban J connectivity index is 1.74. The quantitative estimate of drug-likeness (QED) is 0.689. The van der Waals surface area contributed by atoms with E-state index in [4.69, 9.17) is 11.6 Å². The van der Waals surface area contributed by atoms with E-state index in [9.17, 15) is 8.42 Å². The third-order valence-electron chi connectivity index (χ3n) is 4.82. The van der Waals surface area contributed by atoms with Gasteiger partial charge in [0.15, 0.2) is 0 Å². The number of anilines is 2. The van der Waals surface area contributed by atoms with Gasteiger partial charge in [-0.1, -0.05) is 23.7 Å². The predicted molar refractivity (Wildman–Crippen MR) is 110 cm³/mol. The molecule has 140 valence electrons. The molecule has 1 saturated heterocycles. The Bertz CT molecular complexity index is 1080. The molecular weight excluding hydrogens is 382 g/mol. The number of sulfonamides is 1. The zero-order valence-electron chi connectivity index (χ0n) is 14.7. The van der Waals surface area contributed by atoms with E-state index in [1.807, 2.05) is 18.2 Å². The number of benzene rings is 2. The van der Waals surface area contributed by atoms with Crippen LogP contribution in [0.4, 0.5) is 11.4 Å². The summed E-state index contributed by atoms with van der Waals surface area (Å²) in [6, 6.07) is 14.1. The van der Waals surface area contributed by atoms with Crippen LogP contribution in [0.25, 0.3) is 10.9 Å². The number of hydrogen-bond donors (Lipinski definition) is 1. The van der Waals surface area contributed by atoms with Crippen LogP contribution in [0.1, 0.15) is 19.3 Å². The molecule has 0 spiro atoms. The lowest BCUT2D eigenvalue weighted by molar-refractivity contribution is 0.578. The van der Waals surface area contributed by atoms with Crippen molar-refractivity contribution in [2.75, 3.05) is 22.7 Å². The minimum absolute atomic E-state index is 0.170. The molecule has 1 aliphatic rings. The second-order valence-electron chi connectivity index (χ2n) is 6.62. The van der Waals surface area contributed by atoms with E-state index in [2.05, 4.69) is 14.6 Å². The van der Waals surface area contributed by atoms with Crippen LogP contribution in [-0.2, 0) is 10.0 Å². The first-order valence-electron chi connectivity index (χ1n) is 8.96. The van der Waals surface area contributed by atoms with Crippen LogP contribution < -0.4 is 9.62 Å². The summed E-state index contributed by atoms with van der Waals surface area (Å²) in [5.41, 5.74) is 1.98. The second kappa shape index (κ2) is 7.37. The highest BCUT2D eigenvalue weighted by Crippen LogP contribution is 2.32. The first kappa shape index (κ1) is 18.1. The molecule has 27 heavy (non-hydrogen) atoms. The summed E-state index contributed by atoms with van der Waals surface area (Å²) in [5, 5.41) is 0.936. The number of nitrogens with one attached hydrogen (secondary N) is 1. The summed E-state index contributed by atoms with van der Waals surface area (Å²) in [7, 11) is -3.79. The molecule has 0 unspecified atom stereocenters. The largest absolute Gasteiger partial charge is 0.370 e. The Kier molecular flexibility index (Phi) is 4.93. The number of nitrogens with zero attached hydrogens (tertiary/aromatic N) is 2. The Hall–Kier alpha value is -2.31. The van der Waals surface area contributed by atoms with Gasteiger partial charge in [0, 0.05) is 24.7 Å². The SMILES string of the molecule is O=S(=O)(Nc1ccccc1N1CCCCC1)c1ccc(Cl)c2ncccc12. The Morgan fingerprint density at radius 3 is 2.56 bits per heavy atom. The minimum Gasteiger partial charge on any atom is -0.370 e. The van der Waals surface area contributed by atoms with E-state index in [0.717, 1.165) is 31.6 Å². The number of halogens is 1. The standard InChI is InChI=1S/C20H20ClN3O2S/c21-16-10-11-19(15-7-6-12-22-20(15)16)27(25,26)23-17-8-2-3-9-18(17)24-13-4-1-5-14-24/h2-3,6-12,23H,1,4-5,13-14H2. The lowest BCUT2D eigenvalue weighted by Gasteiger charge is -2.30. The molecule has 0 saturated carbocycles. The van der Waals surface area contributed by atoms with Crippen molar-refractivity contribution >= 4 is 43.9 Å². The van der Waals surface area contributed by atoms with Crippen molar-refractivity contribution in [1.29, 1.82) is 0 Å². The molecule has 4 rings (SSSR count). The molecule has 1 fully saturated rings. The van der Waals surface area contributed by atoms with Crippen LogP contribution in [0.3, 0.4) is 0 Å². The topological polar surface area (TPSA) is 62.3 Å². The van der Waals surface area contributed by atoms with Gasteiger partial charge in [-0.2, -0.15) is 0 Å². The average molecular weight is 402 g/mol. The summed E-state index contributed by atoms with van der Waals surface area (Å²) >= 11 is 6.18. The van der Waals surface area contributed by atoms with Crippen LogP contribution >= 0.6 is 11.6 Å². The van der Waals surface area contributed by atoms with Crippen LogP contribution in [0, 0.1) is 0 Å². The van der Waals surface area contributed by atoms with Gasteiger partial charge in [0.1, 0.15) is 0 Å². The van der Waals surface area contributed by atoms with Gasteiger partial charge in [0.05, 0.1) is 26.8 Å². The fraction of sp³-hybridized carbons (Fsp3) is 0.250. The third kappa shape index (κ3) is 3.59. The summed E-state index contributed by atoms with van der Waals surface area (Å²) in [4.78, 5) is 6.63. The number of piperidine rings is 1. The molecule has 0 radical (unpaired) electrons. The maximum Gasteiger partial charge on any atom is 0.262 e. The normalized spacial score (nSPS) is 15.1. The molecule has 1 aromatic heterocycles. The molecule has 0 atom stereocenters. The van der Waals surface area contributed by atoms with Gasteiger partial charge in [0.2, 0.25) is 0 Å². The van der Waals surface area contributed by atoms with Gasteiger partial charge in [-0.3, -0.25) is 9.71 Å². The molecule has 7 heteroatoms. The van der Waals surface area contributed by atoms with Crippen molar-refractivity contribution in [2.45, 2.75) is 24.2 Å². The molecule has 0 amide bonds. The van der Waals surface area contributed by atoms with E-state index in [1.165, 1.54) is 12.5 Å². The maximum atomic E-state index is 13.2. The number of hydrogen-bond acceptors (Lipinski definition) is 4. The Morgan fingerprint density at radius 1 is 0.963 bits per heavy atom. The van der Waals surface area contributed by atoms with Gasteiger partial charge in [-0.25, -0.2) is 8.42 Å². The number of para-hydroxylation sites is 2. The van der Waals surface area contributed by atoms with Crippen molar-refractivity contribution in [1.82, 2.24) is 4.98 Å². The van der Waals surface area contributed by atoms with Crippen molar-refractivity contribution in [2.24, 2.45) is 0 Å². The molecule has 3 aromatic rings. The lowest BCUT2D eigenvalue weighted by Crippen LogP contribution is -2.30. The lowest BCUT2D eigenvalue weighted by atomic mass is 10.1. The van der Waals surface area contributed by atoms with E-state index >= 15 is 0 Å². The molecule has 5 nitrogen and oxygen atoms in total. The monoisotopic (exact) mass is 401 g/mol. The summed E-state index contributed by atoms with van der Waals surface area (Å²) < 4.78 is 29.1. The average Bonchev–Trinajstić information content (AvgIpc) is 2.69. The maximum absolute atomic E-state index is 13.2. The fourth-order valence-electron chi connectivity index (χ4n) is 3.52. The van der Waals surface area contributed by atoms with Gasteiger partial charge in [-0.15, -0.1) is 0 Å². The predicted octanol–water partition coefficient (Wildman–Crippen LogP) is 4.68. The van der Waals surface area contributed by atoms with Crippen LogP contribution in [0.5, 0.6) is 0 Å². The molecule has 2 aromatic carbocycles. The van der Waals surface area contributed by atoms with E-state index in [0.29, 0.717) is 21.6 Å². The number of rotatable bonds is 4. The van der Waals surface area contributed by atoms with Crippen molar-refractivity contribution in [3.63, 3.8) is 0 Å². The first-order valence-corrected chi connectivity index (χ1v) is 10.8. The first-order chi connectivity index (χ1) is 13.1. The zero-order chi connectivity index (χ0) is 18.9. The molecule has 1 aliphatic heterocycles. The third-order valence-corrected chi connectivity index (χ3v) is 6.54. The molecule has 2 heterocycles. The fourth-order valence-corrected chi connectivity index (χ4v) is 5.00. The Labute approximate surface area is 164 Å². The molecule has 1 N–H and O–H groups in total.